The number of thioether (sulfide) groups is 1. The Hall–Kier alpha value is -1.98. The summed E-state index contributed by atoms with van der Waals surface area (Å²) in [5.41, 5.74) is 1.38. The standard InChI is InChI=1S/C17H17ClN2O2S/c1-11(23-16-9-3-13(18)4-10-16)17(22)20-15-7-5-14(6-8-15)19-12(2)21/h3-11H,1-2H3,(H,19,21)(H,20,22)/t11-/m0/s1. The van der Waals surface area contributed by atoms with Crippen molar-refractivity contribution in [2.24, 2.45) is 0 Å². The summed E-state index contributed by atoms with van der Waals surface area (Å²) in [5, 5.41) is 5.96. The molecular weight excluding hydrogens is 332 g/mol. The van der Waals surface area contributed by atoms with Gasteiger partial charge in [0.2, 0.25) is 11.8 Å². The van der Waals surface area contributed by atoms with Crippen LogP contribution < -0.4 is 10.6 Å². The summed E-state index contributed by atoms with van der Waals surface area (Å²) in [7, 11) is 0. The van der Waals surface area contributed by atoms with Crippen molar-refractivity contribution in [3.05, 3.63) is 53.6 Å². The van der Waals surface area contributed by atoms with E-state index < -0.39 is 0 Å². The molecule has 2 rings (SSSR count). The van der Waals surface area contributed by atoms with Crippen LogP contribution in [0.3, 0.4) is 0 Å². The molecule has 0 aromatic heterocycles. The highest BCUT2D eigenvalue weighted by Gasteiger charge is 2.14. The number of hydrogen-bond donors (Lipinski definition) is 2. The van der Waals surface area contributed by atoms with Crippen LogP contribution in [0.2, 0.25) is 5.02 Å². The Labute approximate surface area is 144 Å². The van der Waals surface area contributed by atoms with Gasteiger partial charge in [0, 0.05) is 28.2 Å². The van der Waals surface area contributed by atoms with E-state index in [2.05, 4.69) is 10.6 Å². The number of nitrogens with one attached hydrogen (secondary N) is 2. The zero-order valence-corrected chi connectivity index (χ0v) is 14.4. The highest BCUT2D eigenvalue weighted by molar-refractivity contribution is 8.00. The van der Waals surface area contributed by atoms with E-state index in [1.54, 1.807) is 36.4 Å². The molecule has 120 valence electrons. The Bertz CT molecular complexity index is 687. The molecule has 6 heteroatoms. The molecule has 23 heavy (non-hydrogen) atoms. The topological polar surface area (TPSA) is 58.2 Å². The molecule has 0 spiro atoms. The molecule has 2 N–H and O–H groups in total. The van der Waals surface area contributed by atoms with Gasteiger partial charge in [-0.1, -0.05) is 11.6 Å². The second kappa shape index (κ2) is 8.04. The molecular formula is C17H17ClN2O2S. The molecule has 0 saturated carbocycles. The molecule has 0 aliphatic rings. The van der Waals surface area contributed by atoms with Crippen molar-refractivity contribution in [2.45, 2.75) is 24.0 Å². The second-order valence-corrected chi connectivity index (χ2v) is 6.81. The maximum Gasteiger partial charge on any atom is 0.237 e. The van der Waals surface area contributed by atoms with E-state index in [1.165, 1.54) is 18.7 Å². The number of benzene rings is 2. The Kier molecular flexibility index (Phi) is 6.07. The maximum atomic E-state index is 12.2. The van der Waals surface area contributed by atoms with Gasteiger partial charge in [-0.25, -0.2) is 0 Å². The zero-order chi connectivity index (χ0) is 16.8. The van der Waals surface area contributed by atoms with Crippen LogP contribution in [0.5, 0.6) is 0 Å². The summed E-state index contributed by atoms with van der Waals surface area (Å²) < 4.78 is 0. The SMILES string of the molecule is CC(=O)Nc1ccc(NC(=O)[C@H](C)Sc2ccc(Cl)cc2)cc1. The lowest BCUT2D eigenvalue weighted by atomic mass is 10.2. The fourth-order valence-electron chi connectivity index (χ4n) is 1.85. The Balaban J connectivity index is 1.92. The van der Waals surface area contributed by atoms with Gasteiger partial charge in [-0.15, -0.1) is 11.8 Å². The molecule has 0 radical (unpaired) electrons. The van der Waals surface area contributed by atoms with E-state index in [0.29, 0.717) is 16.4 Å². The molecule has 4 nitrogen and oxygen atoms in total. The number of carbonyl (C=O) groups excluding carboxylic acids is 2. The van der Waals surface area contributed by atoms with Crippen molar-refractivity contribution in [1.82, 2.24) is 0 Å². The molecule has 2 amide bonds. The zero-order valence-electron chi connectivity index (χ0n) is 12.8. The second-order valence-electron chi connectivity index (χ2n) is 4.96. The Morgan fingerprint density at radius 1 is 0.957 bits per heavy atom. The van der Waals surface area contributed by atoms with Gasteiger partial charge in [0.05, 0.1) is 5.25 Å². The first-order chi connectivity index (χ1) is 10.9. The van der Waals surface area contributed by atoms with Crippen molar-refractivity contribution in [3.8, 4) is 0 Å². The smallest absolute Gasteiger partial charge is 0.237 e. The van der Waals surface area contributed by atoms with Crippen molar-refractivity contribution >= 4 is 46.6 Å². The largest absolute Gasteiger partial charge is 0.326 e. The minimum absolute atomic E-state index is 0.0859. The number of carbonyl (C=O) groups is 2. The molecule has 0 bridgehead atoms. The fourth-order valence-corrected chi connectivity index (χ4v) is 2.85. The average Bonchev–Trinajstić information content (AvgIpc) is 2.51. The van der Waals surface area contributed by atoms with Gasteiger partial charge in [-0.2, -0.15) is 0 Å². The van der Waals surface area contributed by atoms with Crippen LogP contribution in [0.1, 0.15) is 13.8 Å². The first-order valence-electron chi connectivity index (χ1n) is 7.05. The van der Waals surface area contributed by atoms with Gasteiger partial charge in [0.15, 0.2) is 0 Å². The van der Waals surface area contributed by atoms with Gasteiger partial charge in [-0.3, -0.25) is 9.59 Å². The molecule has 0 heterocycles. The lowest BCUT2D eigenvalue weighted by Crippen LogP contribution is -2.22. The fraction of sp³-hybridized carbons (Fsp3) is 0.176. The minimum atomic E-state index is -0.244. The van der Waals surface area contributed by atoms with Crippen LogP contribution in [0, 0.1) is 0 Å². The maximum absolute atomic E-state index is 12.2. The van der Waals surface area contributed by atoms with E-state index in [0.717, 1.165) is 4.90 Å². The third-order valence-corrected chi connectivity index (χ3v) is 4.33. The van der Waals surface area contributed by atoms with E-state index >= 15 is 0 Å². The molecule has 0 unspecified atom stereocenters. The van der Waals surface area contributed by atoms with Crippen LogP contribution in [0.25, 0.3) is 0 Å². The van der Waals surface area contributed by atoms with Crippen LogP contribution in [-0.4, -0.2) is 17.1 Å². The molecule has 0 saturated heterocycles. The summed E-state index contributed by atoms with van der Waals surface area (Å²) in [6.07, 6.45) is 0. The van der Waals surface area contributed by atoms with Crippen molar-refractivity contribution in [3.63, 3.8) is 0 Å². The molecule has 0 aliphatic carbocycles. The number of hydrogen-bond acceptors (Lipinski definition) is 3. The van der Waals surface area contributed by atoms with E-state index in [4.69, 9.17) is 11.6 Å². The van der Waals surface area contributed by atoms with Crippen LogP contribution >= 0.6 is 23.4 Å². The normalized spacial score (nSPS) is 11.6. The van der Waals surface area contributed by atoms with Crippen LogP contribution in [-0.2, 0) is 9.59 Å². The lowest BCUT2D eigenvalue weighted by Gasteiger charge is -2.12. The van der Waals surface area contributed by atoms with Crippen molar-refractivity contribution in [2.75, 3.05) is 10.6 Å². The van der Waals surface area contributed by atoms with Crippen molar-refractivity contribution < 1.29 is 9.59 Å². The van der Waals surface area contributed by atoms with Gasteiger partial charge >= 0.3 is 0 Å². The van der Waals surface area contributed by atoms with Crippen LogP contribution in [0.4, 0.5) is 11.4 Å². The molecule has 1 atom stereocenters. The molecule has 2 aromatic rings. The van der Waals surface area contributed by atoms with E-state index in [-0.39, 0.29) is 17.1 Å². The number of anilines is 2. The van der Waals surface area contributed by atoms with E-state index in [9.17, 15) is 9.59 Å². The first-order valence-corrected chi connectivity index (χ1v) is 8.30. The van der Waals surface area contributed by atoms with Crippen LogP contribution in [0.15, 0.2) is 53.4 Å². The van der Waals surface area contributed by atoms with Gasteiger partial charge in [0.1, 0.15) is 0 Å². The first kappa shape index (κ1) is 17.4. The predicted molar refractivity (Wildman–Crippen MR) is 96.1 cm³/mol. The Morgan fingerprint density at radius 2 is 1.48 bits per heavy atom. The quantitative estimate of drug-likeness (QED) is 0.786. The summed E-state index contributed by atoms with van der Waals surface area (Å²) >= 11 is 7.31. The monoisotopic (exact) mass is 348 g/mol. The summed E-state index contributed by atoms with van der Waals surface area (Å²) in [6.45, 7) is 3.30. The summed E-state index contributed by atoms with van der Waals surface area (Å²) in [5.74, 6) is -0.216. The minimum Gasteiger partial charge on any atom is -0.326 e. The number of halogens is 1. The third kappa shape index (κ3) is 5.62. The molecule has 0 aliphatic heterocycles. The van der Waals surface area contributed by atoms with Gasteiger partial charge < -0.3 is 10.6 Å². The van der Waals surface area contributed by atoms with E-state index in [1.807, 2.05) is 19.1 Å². The lowest BCUT2D eigenvalue weighted by molar-refractivity contribution is -0.115. The summed E-state index contributed by atoms with van der Waals surface area (Å²) in [6, 6.07) is 14.4. The Morgan fingerprint density at radius 3 is 2.00 bits per heavy atom. The molecule has 2 aromatic carbocycles. The van der Waals surface area contributed by atoms with Crippen molar-refractivity contribution in [1.29, 1.82) is 0 Å². The number of amides is 2. The highest BCUT2D eigenvalue weighted by atomic mass is 35.5. The predicted octanol–water partition coefficient (Wildman–Crippen LogP) is 4.42. The molecule has 0 fully saturated rings. The third-order valence-electron chi connectivity index (χ3n) is 2.97. The number of rotatable bonds is 5. The highest BCUT2D eigenvalue weighted by Crippen LogP contribution is 2.25. The van der Waals surface area contributed by atoms with Gasteiger partial charge in [-0.05, 0) is 55.5 Å². The average molecular weight is 349 g/mol. The summed E-state index contributed by atoms with van der Waals surface area (Å²) in [4.78, 5) is 24.2. The van der Waals surface area contributed by atoms with Gasteiger partial charge in [0.25, 0.3) is 0 Å².